The van der Waals surface area contributed by atoms with E-state index in [0.717, 1.165) is 0 Å². The fraction of sp³-hybridized carbons (Fsp3) is 0.400. The van der Waals surface area contributed by atoms with Crippen LogP contribution in [0, 0.1) is 27.7 Å². The van der Waals surface area contributed by atoms with E-state index in [1.54, 1.807) is 0 Å². The standard InChI is InChI=1S/C20H30OSi2/c1-15-11-9-13-19(17(15)3)22(5,6)21-23(7,8)20-14-10-12-16(2)18(20)4/h9-14H,1-8H3. The largest absolute Gasteiger partial charge is 0.449 e. The zero-order valence-corrected chi connectivity index (χ0v) is 17.9. The van der Waals surface area contributed by atoms with Gasteiger partial charge in [-0.05, 0) is 86.5 Å². The maximum Gasteiger partial charge on any atom is 0.206 e. The fourth-order valence-electron chi connectivity index (χ4n) is 3.55. The minimum absolute atomic E-state index is 1.36. The van der Waals surface area contributed by atoms with Gasteiger partial charge in [0, 0.05) is 0 Å². The third-order valence-electron chi connectivity index (χ3n) is 5.02. The predicted molar refractivity (Wildman–Crippen MR) is 107 cm³/mol. The van der Waals surface area contributed by atoms with Crippen molar-refractivity contribution in [3.05, 3.63) is 58.7 Å². The molecule has 0 N–H and O–H groups in total. The zero-order chi connectivity index (χ0) is 17.4. The molecule has 3 heteroatoms. The molecule has 0 amide bonds. The molecule has 0 aliphatic rings. The Balaban J connectivity index is 2.42. The summed E-state index contributed by atoms with van der Waals surface area (Å²) in [6.07, 6.45) is 0. The Morgan fingerprint density at radius 3 is 1.30 bits per heavy atom. The molecule has 124 valence electrons. The van der Waals surface area contributed by atoms with Crippen LogP contribution in [0.4, 0.5) is 0 Å². The average Bonchev–Trinajstić information content (AvgIpc) is 2.43. The van der Waals surface area contributed by atoms with Crippen LogP contribution in [0.2, 0.25) is 26.2 Å². The highest BCUT2D eigenvalue weighted by molar-refractivity contribution is 6.97. The molecule has 0 aromatic heterocycles. The Labute approximate surface area is 144 Å². The Morgan fingerprint density at radius 1 is 0.609 bits per heavy atom. The van der Waals surface area contributed by atoms with Gasteiger partial charge in [0.2, 0.25) is 16.6 Å². The van der Waals surface area contributed by atoms with Gasteiger partial charge >= 0.3 is 0 Å². The molecular weight excluding hydrogens is 312 g/mol. The van der Waals surface area contributed by atoms with Crippen molar-refractivity contribution in [1.29, 1.82) is 0 Å². The maximum absolute atomic E-state index is 6.95. The molecule has 0 spiro atoms. The summed E-state index contributed by atoms with van der Waals surface area (Å²) in [5, 5.41) is 2.87. The first-order chi connectivity index (χ1) is 10.6. The normalized spacial score (nSPS) is 12.5. The maximum atomic E-state index is 6.95. The highest BCUT2D eigenvalue weighted by Crippen LogP contribution is 2.19. The topological polar surface area (TPSA) is 9.23 Å². The Hall–Kier alpha value is -1.17. The van der Waals surface area contributed by atoms with Gasteiger partial charge in [-0.15, -0.1) is 0 Å². The van der Waals surface area contributed by atoms with Crippen molar-refractivity contribution in [3.63, 3.8) is 0 Å². The molecular formula is C20H30OSi2. The molecule has 1 nitrogen and oxygen atoms in total. The number of aryl methyl sites for hydroxylation is 2. The van der Waals surface area contributed by atoms with Gasteiger partial charge in [-0.3, -0.25) is 0 Å². The third kappa shape index (κ3) is 3.68. The van der Waals surface area contributed by atoms with Crippen molar-refractivity contribution in [2.75, 3.05) is 0 Å². The molecule has 0 bridgehead atoms. The van der Waals surface area contributed by atoms with Gasteiger partial charge in [-0.1, -0.05) is 36.4 Å². The predicted octanol–water partition coefficient (Wildman–Crippen LogP) is 4.46. The van der Waals surface area contributed by atoms with E-state index < -0.39 is 16.6 Å². The summed E-state index contributed by atoms with van der Waals surface area (Å²) in [6.45, 7) is 18.2. The first-order valence-corrected chi connectivity index (χ1v) is 14.2. The molecule has 2 aromatic carbocycles. The van der Waals surface area contributed by atoms with E-state index in [-0.39, 0.29) is 0 Å². The second-order valence-electron chi connectivity index (χ2n) is 7.62. The molecule has 0 unspecified atom stereocenters. The van der Waals surface area contributed by atoms with Crippen LogP contribution in [0.5, 0.6) is 0 Å². The van der Waals surface area contributed by atoms with Crippen molar-refractivity contribution >= 4 is 27.0 Å². The minimum atomic E-state index is -1.95. The van der Waals surface area contributed by atoms with E-state index in [2.05, 4.69) is 90.3 Å². The van der Waals surface area contributed by atoms with Gasteiger partial charge in [-0.2, -0.15) is 0 Å². The van der Waals surface area contributed by atoms with Gasteiger partial charge in [0.25, 0.3) is 0 Å². The first-order valence-electron chi connectivity index (χ1n) is 8.40. The molecule has 0 aliphatic carbocycles. The monoisotopic (exact) mass is 342 g/mol. The highest BCUT2D eigenvalue weighted by Gasteiger charge is 2.37. The second kappa shape index (κ2) is 6.38. The third-order valence-corrected chi connectivity index (χ3v) is 12.8. The van der Waals surface area contributed by atoms with E-state index >= 15 is 0 Å². The van der Waals surface area contributed by atoms with Gasteiger partial charge in [0.1, 0.15) is 0 Å². The number of hydrogen-bond acceptors (Lipinski definition) is 1. The number of rotatable bonds is 4. The molecule has 0 saturated heterocycles. The summed E-state index contributed by atoms with van der Waals surface area (Å²) < 4.78 is 6.95. The van der Waals surface area contributed by atoms with E-state index in [1.807, 2.05) is 0 Å². The van der Waals surface area contributed by atoms with E-state index in [1.165, 1.54) is 32.6 Å². The molecule has 0 atom stereocenters. The van der Waals surface area contributed by atoms with E-state index in [0.29, 0.717) is 0 Å². The van der Waals surface area contributed by atoms with E-state index in [9.17, 15) is 0 Å². The molecule has 0 saturated carbocycles. The molecule has 0 fully saturated rings. The lowest BCUT2D eigenvalue weighted by atomic mass is 10.1. The minimum Gasteiger partial charge on any atom is -0.449 e. The van der Waals surface area contributed by atoms with Crippen molar-refractivity contribution in [2.45, 2.75) is 53.9 Å². The quantitative estimate of drug-likeness (QED) is 0.745. The number of benzene rings is 2. The summed E-state index contributed by atoms with van der Waals surface area (Å²) in [6, 6.07) is 13.3. The van der Waals surface area contributed by atoms with Gasteiger partial charge in [-0.25, -0.2) is 0 Å². The fourth-order valence-corrected chi connectivity index (χ4v) is 12.7. The van der Waals surface area contributed by atoms with Crippen LogP contribution in [0.3, 0.4) is 0 Å². The summed E-state index contributed by atoms with van der Waals surface area (Å²) in [5.74, 6) is 0. The van der Waals surface area contributed by atoms with Gasteiger partial charge in [0.15, 0.2) is 0 Å². The van der Waals surface area contributed by atoms with Crippen molar-refractivity contribution in [2.24, 2.45) is 0 Å². The zero-order valence-electron chi connectivity index (χ0n) is 15.9. The lowest BCUT2D eigenvalue weighted by Gasteiger charge is -2.36. The van der Waals surface area contributed by atoms with Gasteiger partial charge < -0.3 is 4.12 Å². The van der Waals surface area contributed by atoms with Gasteiger partial charge in [0.05, 0.1) is 0 Å². The molecule has 0 radical (unpaired) electrons. The molecule has 0 aliphatic heterocycles. The summed E-state index contributed by atoms with van der Waals surface area (Å²) in [4.78, 5) is 0. The smallest absolute Gasteiger partial charge is 0.206 e. The van der Waals surface area contributed by atoms with Crippen LogP contribution in [0.15, 0.2) is 36.4 Å². The van der Waals surface area contributed by atoms with Crippen LogP contribution >= 0.6 is 0 Å². The summed E-state index contributed by atoms with van der Waals surface area (Å²) in [7, 11) is -3.90. The van der Waals surface area contributed by atoms with Crippen LogP contribution in [-0.4, -0.2) is 16.6 Å². The lowest BCUT2D eigenvalue weighted by molar-refractivity contribution is 0.572. The van der Waals surface area contributed by atoms with Crippen LogP contribution in [0.1, 0.15) is 22.3 Å². The molecule has 2 aromatic rings. The van der Waals surface area contributed by atoms with E-state index in [4.69, 9.17) is 4.12 Å². The highest BCUT2D eigenvalue weighted by atomic mass is 28.4. The van der Waals surface area contributed by atoms with Crippen LogP contribution in [-0.2, 0) is 4.12 Å². The molecule has 23 heavy (non-hydrogen) atoms. The first kappa shape index (κ1) is 18.2. The van der Waals surface area contributed by atoms with Crippen molar-refractivity contribution in [1.82, 2.24) is 0 Å². The Morgan fingerprint density at radius 2 is 0.957 bits per heavy atom. The Kier molecular flexibility index (Phi) is 5.04. The second-order valence-corrected chi connectivity index (χ2v) is 15.6. The lowest BCUT2D eigenvalue weighted by Crippen LogP contribution is -2.58. The van der Waals surface area contributed by atoms with Crippen LogP contribution < -0.4 is 10.4 Å². The Bertz CT molecular complexity index is 656. The number of hydrogen-bond donors (Lipinski definition) is 0. The SMILES string of the molecule is Cc1cccc([Si](C)(C)O[Si](C)(C)c2cccc(C)c2C)c1C. The molecule has 0 heterocycles. The van der Waals surface area contributed by atoms with Crippen molar-refractivity contribution < 1.29 is 4.12 Å². The molecule has 2 rings (SSSR count). The average molecular weight is 343 g/mol. The van der Waals surface area contributed by atoms with Crippen molar-refractivity contribution in [3.8, 4) is 0 Å². The van der Waals surface area contributed by atoms with Crippen LogP contribution in [0.25, 0.3) is 0 Å². The summed E-state index contributed by atoms with van der Waals surface area (Å²) in [5.41, 5.74) is 5.51. The summed E-state index contributed by atoms with van der Waals surface area (Å²) >= 11 is 0.